The number of aromatic nitrogens is 2. The van der Waals surface area contributed by atoms with Crippen LogP contribution >= 0.6 is 0 Å². The van der Waals surface area contributed by atoms with E-state index in [0.717, 1.165) is 17.9 Å². The fourth-order valence-electron chi connectivity index (χ4n) is 2.33. The standard InChI is InChI=1S/C16H22N4O2/c1-4-12(2)13-5-8-20-14(9-13)17-10-16(20)19(3)7-6-15(22)18-11-21/h5,8-12H,4,6-7H2,1-3H3,(H,18,21,22). The van der Waals surface area contributed by atoms with Gasteiger partial charge in [-0.15, -0.1) is 0 Å². The number of hydrogen-bond acceptors (Lipinski definition) is 4. The molecule has 1 N–H and O–H groups in total. The lowest BCUT2D eigenvalue weighted by atomic mass is 10.0. The second kappa shape index (κ2) is 7.06. The highest BCUT2D eigenvalue weighted by Gasteiger charge is 2.11. The molecule has 1 atom stereocenters. The van der Waals surface area contributed by atoms with E-state index >= 15 is 0 Å². The lowest BCUT2D eigenvalue weighted by Gasteiger charge is -2.18. The molecular weight excluding hydrogens is 280 g/mol. The third-order valence-electron chi connectivity index (χ3n) is 3.98. The molecule has 0 fully saturated rings. The van der Waals surface area contributed by atoms with Crippen LogP contribution < -0.4 is 10.2 Å². The van der Waals surface area contributed by atoms with E-state index in [1.165, 1.54) is 5.56 Å². The van der Waals surface area contributed by atoms with E-state index in [9.17, 15) is 9.59 Å². The molecule has 0 aromatic carbocycles. The number of imidazole rings is 1. The first-order valence-electron chi connectivity index (χ1n) is 7.48. The zero-order valence-electron chi connectivity index (χ0n) is 13.2. The molecule has 2 aromatic rings. The predicted molar refractivity (Wildman–Crippen MR) is 86.0 cm³/mol. The molecule has 6 heteroatoms. The second-order valence-electron chi connectivity index (χ2n) is 5.47. The Bertz CT molecular complexity index is 665. The smallest absolute Gasteiger partial charge is 0.228 e. The average Bonchev–Trinajstić information content (AvgIpc) is 2.95. The Morgan fingerprint density at radius 1 is 1.55 bits per heavy atom. The van der Waals surface area contributed by atoms with Crippen LogP contribution in [0.4, 0.5) is 5.82 Å². The summed E-state index contributed by atoms with van der Waals surface area (Å²) in [6.45, 7) is 4.89. The van der Waals surface area contributed by atoms with E-state index < -0.39 is 0 Å². The van der Waals surface area contributed by atoms with Gasteiger partial charge < -0.3 is 4.90 Å². The molecule has 2 aromatic heterocycles. The maximum Gasteiger partial charge on any atom is 0.228 e. The molecule has 6 nitrogen and oxygen atoms in total. The van der Waals surface area contributed by atoms with E-state index in [2.05, 4.69) is 36.3 Å². The highest BCUT2D eigenvalue weighted by atomic mass is 16.2. The molecule has 0 aliphatic rings. The first-order valence-corrected chi connectivity index (χ1v) is 7.48. The lowest BCUT2D eigenvalue weighted by Crippen LogP contribution is -2.28. The molecule has 0 saturated carbocycles. The molecule has 0 spiro atoms. The molecule has 1 unspecified atom stereocenters. The maximum absolute atomic E-state index is 11.3. The highest BCUT2D eigenvalue weighted by molar-refractivity contribution is 5.86. The van der Waals surface area contributed by atoms with Crippen molar-refractivity contribution in [3.8, 4) is 0 Å². The monoisotopic (exact) mass is 302 g/mol. The van der Waals surface area contributed by atoms with E-state index in [4.69, 9.17) is 0 Å². The van der Waals surface area contributed by atoms with Crippen molar-refractivity contribution in [2.75, 3.05) is 18.5 Å². The van der Waals surface area contributed by atoms with Crippen molar-refractivity contribution in [3.63, 3.8) is 0 Å². The van der Waals surface area contributed by atoms with Gasteiger partial charge in [-0.3, -0.25) is 19.3 Å². The SMILES string of the molecule is CCC(C)c1ccn2c(N(C)CCC(=O)NC=O)cnc2c1. The molecule has 0 radical (unpaired) electrons. The van der Waals surface area contributed by atoms with Crippen LogP contribution in [0.1, 0.15) is 38.2 Å². The number of rotatable bonds is 7. The molecular formula is C16H22N4O2. The largest absolute Gasteiger partial charge is 0.359 e. The number of fused-ring (bicyclic) bond motifs is 1. The van der Waals surface area contributed by atoms with Crippen molar-refractivity contribution >= 4 is 23.8 Å². The zero-order valence-corrected chi connectivity index (χ0v) is 13.2. The summed E-state index contributed by atoms with van der Waals surface area (Å²) in [6, 6.07) is 4.21. The summed E-state index contributed by atoms with van der Waals surface area (Å²) in [5.74, 6) is 1.15. The summed E-state index contributed by atoms with van der Waals surface area (Å²) in [5, 5.41) is 2.14. The molecule has 0 aliphatic carbocycles. The van der Waals surface area contributed by atoms with Crippen LogP contribution in [-0.4, -0.2) is 35.3 Å². The molecule has 0 aliphatic heterocycles. The number of anilines is 1. The number of imide groups is 1. The van der Waals surface area contributed by atoms with Gasteiger partial charge in [-0.2, -0.15) is 0 Å². The third-order valence-corrected chi connectivity index (χ3v) is 3.98. The molecule has 2 rings (SSSR count). The van der Waals surface area contributed by atoms with Crippen LogP contribution in [0.25, 0.3) is 5.65 Å². The number of nitrogens with zero attached hydrogens (tertiary/aromatic N) is 3. The average molecular weight is 302 g/mol. The fraction of sp³-hybridized carbons (Fsp3) is 0.438. The van der Waals surface area contributed by atoms with Gasteiger partial charge in [0.25, 0.3) is 0 Å². The van der Waals surface area contributed by atoms with Gasteiger partial charge in [0, 0.05) is 26.2 Å². The van der Waals surface area contributed by atoms with Gasteiger partial charge in [-0.25, -0.2) is 4.98 Å². The molecule has 0 saturated heterocycles. The van der Waals surface area contributed by atoms with E-state index in [0.29, 0.717) is 18.9 Å². The molecule has 0 bridgehead atoms. The van der Waals surface area contributed by atoms with Crippen molar-refractivity contribution in [3.05, 3.63) is 30.1 Å². The minimum absolute atomic E-state index is 0.257. The third kappa shape index (κ3) is 3.44. The van der Waals surface area contributed by atoms with Crippen molar-refractivity contribution in [2.24, 2.45) is 0 Å². The van der Waals surface area contributed by atoms with Gasteiger partial charge in [0.15, 0.2) is 0 Å². The van der Waals surface area contributed by atoms with Crippen LogP contribution in [0.5, 0.6) is 0 Å². The van der Waals surface area contributed by atoms with Crippen LogP contribution in [-0.2, 0) is 9.59 Å². The van der Waals surface area contributed by atoms with Gasteiger partial charge in [-0.05, 0) is 30.0 Å². The molecule has 22 heavy (non-hydrogen) atoms. The minimum Gasteiger partial charge on any atom is -0.359 e. The van der Waals surface area contributed by atoms with Crippen molar-refractivity contribution in [2.45, 2.75) is 32.6 Å². The Balaban J connectivity index is 2.14. The highest BCUT2D eigenvalue weighted by Crippen LogP contribution is 2.22. The Morgan fingerprint density at radius 3 is 3.00 bits per heavy atom. The number of hydrogen-bond donors (Lipinski definition) is 1. The van der Waals surface area contributed by atoms with Crippen molar-refractivity contribution in [1.82, 2.24) is 14.7 Å². The summed E-state index contributed by atoms with van der Waals surface area (Å²) < 4.78 is 2.00. The topological polar surface area (TPSA) is 66.7 Å². The van der Waals surface area contributed by atoms with Gasteiger partial charge in [0.05, 0.1) is 6.20 Å². The number of nitrogens with one attached hydrogen (secondary N) is 1. The predicted octanol–water partition coefficient (Wildman–Crippen LogP) is 1.95. The Kier molecular flexibility index (Phi) is 5.14. The van der Waals surface area contributed by atoms with Crippen molar-refractivity contribution < 1.29 is 9.59 Å². The minimum atomic E-state index is -0.283. The zero-order chi connectivity index (χ0) is 16.1. The summed E-state index contributed by atoms with van der Waals surface area (Å²) >= 11 is 0. The summed E-state index contributed by atoms with van der Waals surface area (Å²) in [4.78, 5) is 28.0. The van der Waals surface area contributed by atoms with Crippen LogP contribution in [0, 0.1) is 0 Å². The first-order chi connectivity index (χ1) is 10.6. The van der Waals surface area contributed by atoms with Gasteiger partial charge in [0.2, 0.25) is 12.3 Å². The summed E-state index contributed by atoms with van der Waals surface area (Å²) in [6.07, 6.45) is 5.57. The second-order valence-corrected chi connectivity index (χ2v) is 5.47. The van der Waals surface area contributed by atoms with E-state index in [1.54, 1.807) is 6.20 Å². The number of carbonyl (C=O) groups is 2. The van der Waals surface area contributed by atoms with Gasteiger partial charge in [-0.1, -0.05) is 13.8 Å². The van der Waals surface area contributed by atoms with Crippen LogP contribution in [0.3, 0.4) is 0 Å². The van der Waals surface area contributed by atoms with Gasteiger partial charge >= 0.3 is 0 Å². The number of amides is 2. The maximum atomic E-state index is 11.3. The normalized spacial score (nSPS) is 12.1. The quantitative estimate of drug-likeness (QED) is 0.794. The molecule has 2 heterocycles. The Hall–Kier alpha value is -2.37. The van der Waals surface area contributed by atoms with E-state index in [-0.39, 0.29) is 12.3 Å². The van der Waals surface area contributed by atoms with Crippen molar-refractivity contribution in [1.29, 1.82) is 0 Å². The first kappa shape index (κ1) is 16.0. The number of pyridine rings is 1. The van der Waals surface area contributed by atoms with Gasteiger partial charge in [0.1, 0.15) is 11.5 Å². The van der Waals surface area contributed by atoms with Crippen LogP contribution in [0.15, 0.2) is 24.5 Å². The Labute approximate surface area is 130 Å². The molecule has 118 valence electrons. The Morgan fingerprint density at radius 2 is 2.32 bits per heavy atom. The summed E-state index contributed by atoms with van der Waals surface area (Å²) in [5.41, 5.74) is 2.18. The van der Waals surface area contributed by atoms with Crippen LogP contribution in [0.2, 0.25) is 0 Å². The molecule has 2 amide bonds. The fourth-order valence-corrected chi connectivity index (χ4v) is 2.33. The van der Waals surface area contributed by atoms with E-state index in [1.807, 2.05) is 22.5 Å². The summed E-state index contributed by atoms with van der Waals surface area (Å²) in [7, 11) is 1.90. The lowest BCUT2D eigenvalue weighted by molar-refractivity contribution is -0.125. The number of carbonyl (C=O) groups excluding carboxylic acids is 2.